The van der Waals surface area contributed by atoms with Crippen LogP contribution in [-0.2, 0) is 9.16 Å². The maximum Gasteiger partial charge on any atom is 0.278 e. The Morgan fingerprint density at radius 1 is 0.974 bits per heavy atom. The van der Waals surface area contributed by atoms with Crippen molar-refractivity contribution in [2.45, 2.75) is 140 Å². The SMILES string of the molecule is CC(C)[Si](OC[C@H]1O[C@@H](n2cnc3c(=O)[nH]cnc32)C[C@@]1(O)[Si](C(C)C)(C(C)C)C(C)C)(C(C)C)C(C)C. The summed E-state index contributed by atoms with van der Waals surface area (Å²) in [5, 5.41) is 12.0. The first-order chi connectivity index (χ1) is 17.6. The van der Waals surface area contributed by atoms with Crippen molar-refractivity contribution < 1.29 is 14.3 Å². The minimum atomic E-state index is -2.45. The third-order valence-corrected chi connectivity index (χ3v) is 23.7. The van der Waals surface area contributed by atoms with E-state index in [1.165, 1.54) is 6.33 Å². The Hall–Kier alpha value is -1.34. The highest BCUT2D eigenvalue weighted by molar-refractivity contribution is 6.86. The highest BCUT2D eigenvalue weighted by Gasteiger charge is 2.66. The van der Waals surface area contributed by atoms with Crippen LogP contribution < -0.4 is 5.56 Å². The standard InChI is InChI=1S/C28H52N4O4Si2/c1-17(2)37(18(3)4,19(5)6)28(34)13-24(32-16-31-25-26(32)29-15-30-27(25)33)36-23(28)14-35-38(20(7)8,21(9)10)22(11)12/h15-24,34H,13-14H2,1-12H3,(H,29,30,33)/t23-,24-,28-/m1/s1. The van der Waals surface area contributed by atoms with Gasteiger partial charge in [0.15, 0.2) is 19.5 Å². The molecule has 1 aliphatic heterocycles. The molecule has 1 fully saturated rings. The van der Waals surface area contributed by atoms with E-state index in [4.69, 9.17) is 9.16 Å². The van der Waals surface area contributed by atoms with Gasteiger partial charge in [-0.15, -0.1) is 0 Å². The molecule has 2 aromatic heterocycles. The Kier molecular flexibility index (Phi) is 9.25. The molecule has 3 rings (SSSR count). The summed E-state index contributed by atoms with van der Waals surface area (Å²) in [6.07, 6.45) is 2.49. The minimum Gasteiger partial charge on any atom is -0.413 e. The average Bonchev–Trinajstić information content (AvgIpc) is 3.35. The summed E-state index contributed by atoms with van der Waals surface area (Å²) in [5.41, 5.74) is 2.78. The van der Waals surface area contributed by atoms with Crippen molar-refractivity contribution in [3.05, 3.63) is 23.0 Å². The monoisotopic (exact) mass is 564 g/mol. The number of hydrogen-bond acceptors (Lipinski definition) is 6. The predicted molar refractivity (Wildman–Crippen MR) is 160 cm³/mol. The lowest BCUT2D eigenvalue weighted by Crippen LogP contribution is -2.69. The van der Waals surface area contributed by atoms with Crippen LogP contribution >= 0.6 is 0 Å². The molecule has 0 saturated carbocycles. The number of imidazole rings is 1. The molecule has 3 heterocycles. The molecule has 1 saturated heterocycles. The first-order valence-electron chi connectivity index (χ1n) is 14.5. The smallest absolute Gasteiger partial charge is 0.278 e. The van der Waals surface area contributed by atoms with Crippen molar-refractivity contribution >= 4 is 27.6 Å². The summed E-state index contributed by atoms with van der Waals surface area (Å²) in [5.74, 6) is 0. The molecule has 0 bridgehead atoms. The zero-order valence-corrected chi connectivity index (χ0v) is 27.7. The summed E-state index contributed by atoms with van der Waals surface area (Å²) in [6.45, 7) is 27.7. The fourth-order valence-corrected chi connectivity index (χ4v) is 22.5. The molecule has 8 nitrogen and oxygen atoms in total. The number of nitrogens with one attached hydrogen (secondary N) is 1. The number of aromatic amines is 1. The maximum atomic E-state index is 13.0. The molecule has 1 aliphatic rings. The van der Waals surface area contributed by atoms with Crippen LogP contribution in [0.5, 0.6) is 0 Å². The van der Waals surface area contributed by atoms with Crippen molar-refractivity contribution in [3.63, 3.8) is 0 Å². The zero-order chi connectivity index (χ0) is 28.8. The number of rotatable bonds is 11. The zero-order valence-electron chi connectivity index (χ0n) is 25.7. The van der Waals surface area contributed by atoms with Gasteiger partial charge in [0.1, 0.15) is 20.4 Å². The number of hydrogen-bond donors (Lipinski definition) is 2. The largest absolute Gasteiger partial charge is 0.413 e. The van der Waals surface area contributed by atoms with Gasteiger partial charge in [-0.1, -0.05) is 83.1 Å². The van der Waals surface area contributed by atoms with E-state index in [-0.39, 0.29) is 11.1 Å². The molecular formula is C28H52N4O4Si2. The summed E-state index contributed by atoms with van der Waals surface area (Å²) in [4.78, 5) is 23.7. The van der Waals surface area contributed by atoms with Gasteiger partial charge < -0.3 is 19.3 Å². The number of nitrogens with zero attached hydrogens (tertiary/aromatic N) is 3. The Bertz CT molecular complexity index is 1100. The van der Waals surface area contributed by atoms with Crippen LogP contribution in [0.15, 0.2) is 17.4 Å². The maximum absolute atomic E-state index is 13.0. The lowest BCUT2D eigenvalue weighted by molar-refractivity contribution is -0.0561. The van der Waals surface area contributed by atoms with Crippen molar-refractivity contribution in [1.29, 1.82) is 0 Å². The van der Waals surface area contributed by atoms with E-state index in [9.17, 15) is 9.90 Å². The van der Waals surface area contributed by atoms with E-state index < -0.39 is 33.9 Å². The molecule has 216 valence electrons. The second kappa shape index (κ2) is 11.3. The molecule has 10 heteroatoms. The lowest BCUT2D eigenvalue weighted by Gasteiger charge is -2.54. The predicted octanol–water partition coefficient (Wildman–Crippen LogP) is 6.55. The molecular weight excluding hydrogens is 513 g/mol. The summed E-state index contributed by atoms with van der Waals surface area (Å²) >= 11 is 0. The molecule has 3 atom stereocenters. The highest BCUT2D eigenvalue weighted by atomic mass is 28.4. The van der Waals surface area contributed by atoms with E-state index in [2.05, 4.69) is 98.0 Å². The van der Waals surface area contributed by atoms with Gasteiger partial charge in [0, 0.05) is 6.42 Å². The number of aromatic nitrogens is 4. The van der Waals surface area contributed by atoms with E-state index >= 15 is 0 Å². The first-order valence-corrected chi connectivity index (χ1v) is 18.9. The third-order valence-electron chi connectivity index (χ3n) is 9.82. The van der Waals surface area contributed by atoms with Gasteiger partial charge in [0.25, 0.3) is 5.56 Å². The van der Waals surface area contributed by atoms with Gasteiger partial charge in [0.05, 0.1) is 24.5 Å². The molecule has 0 radical (unpaired) electrons. The third kappa shape index (κ3) is 4.68. The van der Waals surface area contributed by atoms with E-state index in [1.54, 1.807) is 6.33 Å². The number of aliphatic hydroxyl groups is 1. The molecule has 0 unspecified atom stereocenters. The van der Waals surface area contributed by atoms with Crippen molar-refractivity contribution in [2.75, 3.05) is 6.61 Å². The van der Waals surface area contributed by atoms with Crippen molar-refractivity contribution in [1.82, 2.24) is 19.5 Å². The van der Waals surface area contributed by atoms with Gasteiger partial charge in [-0.25, -0.2) is 9.97 Å². The van der Waals surface area contributed by atoms with Gasteiger partial charge in [-0.2, -0.15) is 0 Å². The van der Waals surface area contributed by atoms with Crippen LogP contribution in [0.2, 0.25) is 33.2 Å². The van der Waals surface area contributed by atoms with Crippen molar-refractivity contribution in [3.8, 4) is 0 Å². The van der Waals surface area contributed by atoms with Gasteiger partial charge in [-0.05, 0) is 33.2 Å². The van der Waals surface area contributed by atoms with Gasteiger partial charge in [-0.3, -0.25) is 9.36 Å². The van der Waals surface area contributed by atoms with Crippen LogP contribution in [0.1, 0.15) is 95.7 Å². The van der Waals surface area contributed by atoms with Crippen LogP contribution in [-0.4, -0.2) is 59.0 Å². The molecule has 38 heavy (non-hydrogen) atoms. The van der Waals surface area contributed by atoms with E-state index in [1.807, 2.05) is 4.57 Å². The Labute approximate surface area is 231 Å². The van der Waals surface area contributed by atoms with Gasteiger partial charge in [0.2, 0.25) is 0 Å². The first kappa shape index (κ1) is 31.2. The summed E-state index contributed by atoms with van der Waals surface area (Å²) in [6, 6.07) is 0. The van der Waals surface area contributed by atoms with Crippen LogP contribution in [0, 0.1) is 0 Å². The number of ether oxygens (including phenoxy) is 1. The average molecular weight is 565 g/mol. The van der Waals surface area contributed by atoms with Crippen molar-refractivity contribution in [2.24, 2.45) is 0 Å². The molecule has 0 spiro atoms. The molecule has 2 N–H and O–H groups in total. The van der Waals surface area contributed by atoms with E-state index in [0.29, 0.717) is 51.9 Å². The second-order valence-corrected chi connectivity index (χ2v) is 24.9. The normalized spacial score (nSPS) is 23.4. The van der Waals surface area contributed by atoms with Crippen LogP contribution in [0.4, 0.5) is 0 Å². The Balaban J connectivity index is 2.15. The summed E-state index contributed by atoms with van der Waals surface area (Å²) in [7, 11) is -4.64. The topological polar surface area (TPSA) is 102 Å². The second-order valence-electron chi connectivity index (χ2n) is 13.3. The number of H-pyrrole nitrogens is 1. The van der Waals surface area contributed by atoms with E-state index in [0.717, 1.165) is 0 Å². The number of fused-ring (bicyclic) bond motifs is 1. The van der Waals surface area contributed by atoms with Crippen LogP contribution in [0.25, 0.3) is 11.2 Å². The minimum absolute atomic E-state index is 0.279. The van der Waals surface area contributed by atoms with Gasteiger partial charge >= 0.3 is 0 Å². The summed E-state index contributed by atoms with van der Waals surface area (Å²) < 4.78 is 15.7. The fraction of sp³-hybridized carbons (Fsp3) is 0.821. The highest BCUT2D eigenvalue weighted by Crippen LogP contribution is 2.56. The quantitative estimate of drug-likeness (QED) is 0.300. The molecule has 0 aromatic carbocycles. The molecule has 0 aliphatic carbocycles. The molecule has 0 amide bonds. The lowest BCUT2D eigenvalue weighted by atomic mass is 10.1. The van der Waals surface area contributed by atoms with Crippen LogP contribution in [0.3, 0.4) is 0 Å². The Morgan fingerprint density at radius 2 is 1.50 bits per heavy atom. The fourth-order valence-electron chi connectivity index (χ4n) is 8.84. The molecule has 2 aromatic rings. The Morgan fingerprint density at radius 3 is 1.97 bits per heavy atom.